The number of nitrogens with zero attached hydrogens (tertiary/aromatic N) is 2. The van der Waals surface area contributed by atoms with E-state index in [0.717, 1.165) is 28.0 Å². The maximum atomic E-state index is 5.18. The molecule has 3 aromatic heterocycles. The molecule has 0 bridgehead atoms. The first kappa shape index (κ1) is 20.6. The van der Waals surface area contributed by atoms with Crippen LogP contribution in [-0.4, -0.2) is 9.97 Å². The Morgan fingerprint density at radius 2 is 1.16 bits per heavy atom. The van der Waals surface area contributed by atoms with Crippen molar-refractivity contribution in [3.63, 3.8) is 0 Å². The number of fused-ring (bicyclic) bond motifs is 7. The van der Waals surface area contributed by atoms with Crippen LogP contribution in [-0.2, 0) is 0 Å². The fourth-order valence-electron chi connectivity index (χ4n) is 5.53. The lowest BCUT2D eigenvalue weighted by Crippen LogP contribution is -1.91. The molecule has 0 amide bonds. The van der Waals surface area contributed by atoms with Gasteiger partial charge in [0.05, 0.1) is 16.9 Å². The molecule has 0 spiro atoms. The first-order valence-corrected chi connectivity index (χ1v) is 13.2. The van der Waals surface area contributed by atoms with E-state index in [1.165, 1.54) is 47.1 Å². The summed E-state index contributed by atoms with van der Waals surface area (Å²) in [5.74, 6) is 0. The quantitative estimate of drug-likeness (QED) is 0.226. The molecule has 0 aliphatic heterocycles. The van der Waals surface area contributed by atoms with E-state index in [2.05, 4.69) is 115 Å². The number of thiophene rings is 1. The molecule has 8 aromatic rings. The Labute approximate surface area is 217 Å². The number of benzene rings is 5. The van der Waals surface area contributed by atoms with E-state index >= 15 is 0 Å². The van der Waals surface area contributed by atoms with Crippen molar-refractivity contribution >= 4 is 64.0 Å². The van der Waals surface area contributed by atoms with Gasteiger partial charge < -0.3 is 0 Å². The summed E-state index contributed by atoms with van der Waals surface area (Å²) in [4.78, 5) is 9.89. The van der Waals surface area contributed by atoms with Crippen LogP contribution >= 0.6 is 11.3 Å². The van der Waals surface area contributed by atoms with Crippen molar-refractivity contribution in [2.45, 2.75) is 0 Å². The van der Waals surface area contributed by atoms with Crippen LogP contribution < -0.4 is 0 Å². The molecular formula is C34H20N2S. The van der Waals surface area contributed by atoms with Crippen molar-refractivity contribution in [1.82, 2.24) is 9.97 Å². The van der Waals surface area contributed by atoms with Crippen molar-refractivity contribution in [3.05, 3.63) is 121 Å². The minimum Gasteiger partial charge on any atom is -0.256 e. The highest BCUT2D eigenvalue weighted by Crippen LogP contribution is 2.41. The lowest BCUT2D eigenvalue weighted by Gasteiger charge is -2.12. The van der Waals surface area contributed by atoms with Crippen LogP contribution in [0.1, 0.15) is 0 Å². The Morgan fingerprint density at radius 1 is 0.459 bits per heavy atom. The zero-order valence-corrected chi connectivity index (χ0v) is 20.7. The topological polar surface area (TPSA) is 25.8 Å². The maximum Gasteiger partial charge on any atom is 0.0788 e. The lowest BCUT2D eigenvalue weighted by atomic mass is 9.97. The van der Waals surface area contributed by atoms with Gasteiger partial charge in [-0.15, -0.1) is 11.3 Å². The van der Waals surface area contributed by atoms with Gasteiger partial charge in [0, 0.05) is 53.7 Å². The molecule has 0 saturated carbocycles. The number of hydrogen-bond donors (Lipinski definition) is 0. The van der Waals surface area contributed by atoms with Gasteiger partial charge in [0.15, 0.2) is 0 Å². The van der Waals surface area contributed by atoms with Crippen molar-refractivity contribution in [2.24, 2.45) is 0 Å². The Kier molecular flexibility index (Phi) is 4.42. The molecule has 2 nitrogen and oxygen atoms in total. The Balaban J connectivity index is 1.37. The molecule has 0 aliphatic rings. The number of hydrogen-bond acceptors (Lipinski definition) is 3. The highest BCUT2D eigenvalue weighted by atomic mass is 32.1. The van der Waals surface area contributed by atoms with E-state index < -0.39 is 0 Å². The van der Waals surface area contributed by atoms with Gasteiger partial charge in [-0.25, -0.2) is 4.98 Å². The van der Waals surface area contributed by atoms with Crippen molar-refractivity contribution in [1.29, 1.82) is 0 Å². The molecule has 172 valence electrons. The zero-order valence-electron chi connectivity index (χ0n) is 19.8. The van der Waals surface area contributed by atoms with Crippen molar-refractivity contribution in [2.75, 3.05) is 0 Å². The van der Waals surface area contributed by atoms with Gasteiger partial charge in [-0.3, -0.25) is 4.98 Å². The number of para-hydroxylation sites is 1. The van der Waals surface area contributed by atoms with Gasteiger partial charge in [-0.05, 0) is 41.1 Å². The van der Waals surface area contributed by atoms with Crippen molar-refractivity contribution < 1.29 is 0 Å². The van der Waals surface area contributed by atoms with Gasteiger partial charge in [-0.1, -0.05) is 84.9 Å². The summed E-state index contributed by atoms with van der Waals surface area (Å²) in [6, 6.07) is 41.0. The van der Waals surface area contributed by atoms with Crippen LogP contribution in [0.2, 0.25) is 0 Å². The average Bonchev–Trinajstić information content (AvgIpc) is 3.33. The Hall–Kier alpha value is -4.60. The molecule has 0 fully saturated rings. The first-order chi connectivity index (χ1) is 18.3. The third-order valence-electron chi connectivity index (χ3n) is 7.30. The van der Waals surface area contributed by atoms with E-state index in [-0.39, 0.29) is 0 Å². The average molecular weight is 489 g/mol. The van der Waals surface area contributed by atoms with Crippen LogP contribution in [0.3, 0.4) is 0 Å². The fourth-order valence-corrected chi connectivity index (χ4v) is 6.65. The summed E-state index contributed by atoms with van der Waals surface area (Å²) in [5.41, 5.74) is 5.26. The minimum absolute atomic E-state index is 1.01. The second kappa shape index (κ2) is 7.95. The smallest absolute Gasteiger partial charge is 0.0788 e. The molecule has 3 heterocycles. The van der Waals surface area contributed by atoms with Gasteiger partial charge in [0.2, 0.25) is 0 Å². The second-order valence-electron chi connectivity index (χ2n) is 9.43. The highest BCUT2D eigenvalue weighted by Gasteiger charge is 2.14. The summed E-state index contributed by atoms with van der Waals surface area (Å²) in [6.07, 6.45) is 1.89. The van der Waals surface area contributed by atoms with Gasteiger partial charge in [0.25, 0.3) is 0 Å². The molecule has 3 heteroatoms. The monoisotopic (exact) mass is 488 g/mol. The van der Waals surface area contributed by atoms with E-state index in [4.69, 9.17) is 9.97 Å². The molecule has 0 N–H and O–H groups in total. The van der Waals surface area contributed by atoms with Gasteiger partial charge >= 0.3 is 0 Å². The van der Waals surface area contributed by atoms with Crippen LogP contribution in [0, 0.1) is 0 Å². The molecule has 0 saturated heterocycles. The highest BCUT2D eigenvalue weighted by molar-refractivity contribution is 7.25. The third-order valence-corrected chi connectivity index (χ3v) is 8.44. The molecule has 0 aliphatic carbocycles. The zero-order chi connectivity index (χ0) is 24.3. The van der Waals surface area contributed by atoms with Crippen LogP contribution in [0.5, 0.6) is 0 Å². The standard InChI is InChI=1S/C34H20N2S/c1-2-8-24-21(7-1)17-18-35-33(24)22-13-15-23(16-14-22)34-29-20-32-28(26-10-4-6-12-31(26)37-32)19-27(29)25-9-3-5-11-30(25)36-34/h1-20H. The predicted octanol–water partition coefficient (Wildman–Crippen LogP) is 9.64. The van der Waals surface area contributed by atoms with Crippen molar-refractivity contribution in [3.8, 4) is 22.5 Å². The summed E-state index contributed by atoms with van der Waals surface area (Å²) < 4.78 is 2.61. The lowest BCUT2D eigenvalue weighted by molar-refractivity contribution is 1.35. The fraction of sp³-hybridized carbons (Fsp3) is 0. The summed E-state index contributed by atoms with van der Waals surface area (Å²) >= 11 is 1.85. The summed E-state index contributed by atoms with van der Waals surface area (Å²) in [6.45, 7) is 0. The van der Waals surface area contributed by atoms with Crippen LogP contribution in [0.25, 0.3) is 75.1 Å². The molecule has 0 radical (unpaired) electrons. The maximum absolute atomic E-state index is 5.18. The SMILES string of the molecule is c1ccc2c(-c3ccc(-c4nc5ccccc5c5cc6c(cc45)sc4ccccc46)cc3)nccc2c1. The molecule has 0 atom stereocenters. The number of pyridine rings is 2. The molecular weight excluding hydrogens is 468 g/mol. The Morgan fingerprint density at radius 3 is 2.03 bits per heavy atom. The molecule has 5 aromatic carbocycles. The predicted molar refractivity (Wildman–Crippen MR) is 158 cm³/mol. The largest absolute Gasteiger partial charge is 0.256 e. The van der Waals surface area contributed by atoms with E-state index in [1.54, 1.807) is 0 Å². The van der Waals surface area contributed by atoms with E-state index in [9.17, 15) is 0 Å². The number of rotatable bonds is 2. The molecule has 8 rings (SSSR count). The Bertz CT molecular complexity index is 2130. The number of aromatic nitrogens is 2. The first-order valence-electron chi connectivity index (χ1n) is 12.4. The van der Waals surface area contributed by atoms with E-state index in [1.807, 2.05) is 17.5 Å². The van der Waals surface area contributed by atoms with Crippen LogP contribution in [0.4, 0.5) is 0 Å². The molecule has 0 unspecified atom stereocenters. The molecule has 37 heavy (non-hydrogen) atoms. The summed E-state index contributed by atoms with van der Waals surface area (Å²) in [7, 11) is 0. The second-order valence-corrected chi connectivity index (χ2v) is 10.5. The summed E-state index contributed by atoms with van der Waals surface area (Å²) in [5, 5.41) is 8.62. The minimum atomic E-state index is 1.01. The van der Waals surface area contributed by atoms with Gasteiger partial charge in [-0.2, -0.15) is 0 Å². The van der Waals surface area contributed by atoms with E-state index in [0.29, 0.717) is 0 Å². The third kappa shape index (κ3) is 3.18. The normalized spacial score (nSPS) is 11.8. The van der Waals surface area contributed by atoms with Crippen LogP contribution in [0.15, 0.2) is 121 Å². The van der Waals surface area contributed by atoms with Gasteiger partial charge in [0.1, 0.15) is 0 Å².